The highest BCUT2D eigenvalue weighted by Crippen LogP contribution is 2.22. The molecule has 6 nitrogen and oxygen atoms in total. The van der Waals surface area contributed by atoms with Crippen LogP contribution in [0.5, 0.6) is 0 Å². The molecule has 0 fully saturated rings. The number of thioether (sulfide) groups is 2. The molecular weight excluding hydrogens is 370 g/mol. The van der Waals surface area contributed by atoms with Crippen LogP contribution in [0.3, 0.4) is 0 Å². The lowest BCUT2D eigenvalue weighted by molar-refractivity contribution is -0.119. The van der Waals surface area contributed by atoms with Crippen molar-refractivity contribution in [2.75, 3.05) is 12.0 Å². The third-order valence-electron chi connectivity index (χ3n) is 3.44. The molecule has 0 atom stereocenters. The number of para-hydroxylation sites is 2. The molecule has 0 spiro atoms. The Labute approximate surface area is 159 Å². The predicted octanol–water partition coefficient (Wildman–Crippen LogP) is 3.24. The summed E-state index contributed by atoms with van der Waals surface area (Å²) in [5, 5.41) is 0.414. The molecule has 0 unspecified atom stereocenters. The topological polar surface area (TPSA) is 84.2 Å². The van der Waals surface area contributed by atoms with E-state index in [4.69, 9.17) is 4.42 Å². The molecule has 26 heavy (non-hydrogen) atoms. The van der Waals surface area contributed by atoms with Crippen molar-refractivity contribution in [1.82, 2.24) is 15.8 Å². The minimum atomic E-state index is -0.360. The molecule has 3 rings (SSSR count). The second-order valence-corrected chi connectivity index (χ2v) is 7.16. The van der Waals surface area contributed by atoms with Gasteiger partial charge in [0.2, 0.25) is 5.91 Å². The molecule has 1 aromatic heterocycles. The highest BCUT2D eigenvalue weighted by Gasteiger charge is 2.11. The predicted molar refractivity (Wildman–Crippen MR) is 104 cm³/mol. The van der Waals surface area contributed by atoms with E-state index in [2.05, 4.69) is 15.8 Å². The third-order valence-corrected chi connectivity index (χ3v) is 4.89. The van der Waals surface area contributed by atoms with Crippen molar-refractivity contribution >= 4 is 46.4 Å². The summed E-state index contributed by atoms with van der Waals surface area (Å²) in [6.45, 7) is 0. The van der Waals surface area contributed by atoms with E-state index < -0.39 is 0 Å². The van der Waals surface area contributed by atoms with Crippen LogP contribution in [0.4, 0.5) is 0 Å². The first-order chi connectivity index (χ1) is 12.7. The lowest BCUT2D eigenvalue weighted by atomic mass is 10.1. The van der Waals surface area contributed by atoms with Crippen molar-refractivity contribution in [1.29, 1.82) is 0 Å². The Morgan fingerprint density at radius 2 is 1.85 bits per heavy atom. The average molecular weight is 387 g/mol. The van der Waals surface area contributed by atoms with Crippen molar-refractivity contribution < 1.29 is 14.0 Å². The van der Waals surface area contributed by atoms with Crippen LogP contribution in [-0.4, -0.2) is 28.8 Å². The zero-order valence-corrected chi connectivity index (χ0v) is 15.7. The number of benzene rings is 2. The number of carbonyl (C=O) groups is 2. The van der Waals surface area contributed by atoms with Gasteiger partial charge in [-0.25, -0.2) is 4.98 Å². The molecule has 134 valence electrons. The Bertz CT molecular complexity index is 876. The van der Waals surface area contributed by atoms with E-state index in [0.29, 0.717) is 16.4 Å². The average Bonchev–Trinajstić information content (AvgIpc) is 3.08. The minimum absolute atomic E-state index is 0.0831. The molecule has 2 amide bonds. The van der Waals surface area contributed by atoms with E-state index in [-0.39, 0.29) is 17.6 Å². The van der Waals surface area contributed by atoms with Gasteiger partial charge >= 0.3 is 0 Å². The Morgan fingerprint density at radius 3 is 2.58 bits per heavy atom. The van der Waals surface area contributed by atoms with E-state index >= 15 is 0 Å². The van der Waals surface area contributed by atoms with Crippen LogP contribution in [-0.2, 0) is 10.5 Å². The van der Waals surface area contributed by atoms with Gasteiger partial charge in [0, 0.05) is 11.3 Å². The maximum Gasteiger partial charge on any atom is 0.269 e. The van der Waals surface area contributed by atoms with Crippen LogP contribution in [0, 0.1) is 0 Å². The van der Waals surface area contributed by atoms with Gasteiger partial charge in [0.15, 0.2) is 5.58 Å². The molecule has 0 radical (unpaired) electrons. The third kappa shape index (κ3) is 4.80. The van der Waals surface area contributed by atoms with Gasteiger partial charge in [0.1, 0.15) is 5.52 Å². The Morgan fingerprint density at radius 1 is 1.08 bits per heavy atom. The van der Waals surface area contributed by atoms with Crippen LogP contribution in [0.25, 0.3) is 11.1 Å². The molecule has 0 aliphatic carbocycles. The van der Waals surface area contributed by atoms with Crippen molar-refractivity contribution in [2.24, 2.45) is 0 Å². The molecule has 1 heterocycles. The van der Waals surface area contributed by atoms with E-state index in [1.807, 2.05) is 42.7 Å². The number of hydrazine groups is 1. The van der Waals surface area contributed by atoms with E-state index in [9.17, 15) is 9.59 Å². The Balaban J connectivity index is 1.46. The quantitative estimate of drug-likeness (QED) is 0.499. The molecular formula is C18H17N3O3S2. The molecule has 0 aliphatic rings. The first kappa shape index (κ1) is 18.3. The fourth-order valence-electron chi connectivity index (χ4n) is 2.19. The first-order valence-electron chi connectivity index (χ1n) is 7.81. The lowest BCUT2D eigenvalue weighted by Gasteiger charge is -2.07. The summed E-state index contributed by atoms with van der Waals surface area (Å²) in [4.78, 5) is 28.2. The fraction of sp³-hybridized carbons (Fsp3) is 0.167. The summed E-state index contributed by atoms with van der Waals surface area (Å²) in [5.74, 6) is 0.274. The molecule has 8 heteroatoms. The summed E-state index contributed by atoms with van der Waals surface area (Å²) in [6, 6.07) is 14.7. The molecule has 0 aliphatic heterocycles. The van der Waals surface area contributed by atoms with Crippen molar-refractivity contribution in [3.05, 3.63) is 59.7 Å². The smallest absolute Gasteiger partial charge is 0.269 e. The van der Waals surface area contributed by atoms with Gasteiger partial charge in [-0.3, -0.25) is 20.4 Å². The Hall–Kier alpha value is -2.45. The zero-order valence-electron chi connectivity index (χ0n) is 14.0. The van der Waals surface area contributed by atoms with Crippen LogP contribution < -0.4 is 10.9 Å². The number of fused-ring (bicyclic) bond motifs is 1. The van der Waals surface area contributed by atoms with Gasteiger partial charge < -0.3 is 4.42 Å². The minimum Gasteiger partial charge on any atom is -0.431 e. The van der Waals surface area contributed by atoms with Crippen LogP contribution >= 0.6 is 23.5 Å². The number of nitrogens with zero attached hydrogens (tertiary/aromatic N) is 1. The highest BCUT2D eigenvalue weighted by atomic mass is 32.2. The van der Waals surface area contributed by atoms with Crippen LogP contribution in [0.1, 0.15) is 15.9 Å². The van der Waals surface area contributed by atoms with E-state index in [1.54, 1.807) is 23.9 Å². The SMILES string of the molecule is CSCc1ccc(C(=O)NNC(=O)CSc2nc3ccccc3o2)cc1. The van der Waals surface area contributed by atoms with Crippen molar-refractivity contribution in [2.45, 2.75) is 11.0 Å². The number of amides is 2. The summed E-state index contributed by atoms with van der Waals surface area (Å²) < 4.78 is 5.53. The highest BCUT2D eigenvalue weighted by molar-refractivity contribution is 7.99. The first-order valence-corrected chi connectivity index (χ1v) is 10.2. The van der Waals surface area contributed by atoms with Gasteiger partial charge in [0.25, 0.3) is 11.1 Å². The number of hydrogen-bond donors (Lipinski definition) is 2. The number of carbonyl (C=O) groups excluding carboxylic acids is 2. The number of aromatic nitrogens is 1. The Kier molecular flexibility index (Phi) is 6.19. The summed E-state index contributed by atoms with van der Waals surface area (Å²) >= 11 is 2.88. The number of rotatable bonds is 6. The number of oxazole rings is 1. The van der Waals surface area contributed by atoms with Crippen molar-refractivity contribution in [3.8, 4) is 0 Å². The molecule has 0 saturated heterocycles. The summed E-state index contributed by atoms with van der Waals surface area (Å²) in [7, 11) is 0. The number of hydrogen-bond acceptors (Lipinski definition) is 6. The molecule has 2 aromatic carbocycles. The molecule has 0 bridgehead atoms. The standard InChI is InChI=1S/C18H17N3O3S2/c1-25-10-12-6-8-13(9-7-12)17(23)21-20-16(22)11-26-18-19-14-4-2-3-5-15(14)24-18/h2-9H,10-11H2,1H3,(H,20,22)(H,21,23). The largest absolute Gasteiger partial charge is 0.431 e. The maximum absolute atomic E-state index is 12.0. The van der Waals surface area contributed by atoms with Gasteiger partial charge in [0.05, 0.1) is 5.75 Å². The zero-order chi connectivity index (χ0) is 18.4. The van der Waals surface area contributed by atoms with Crippen LogP contribution in [0.15, 0.2) is 58.2 Å². The second kappa shape index (κ2) is 8.77. The molecule has 3 aromatic rings. The van der Waals surface area contributed by atoms with Gasteiger partial charge in [-0.05, 0) is 36.1 Å². The number of nitrogens with one attached hydrogen (secondary N) is 2. The van der Waals surface area contributed by atoms with E-state index in [1.165, 1.54) is 11.8 Å². The van der Waals surface area contributed by atoms with Gasteiger partial charge in [-0.15, -0.1) is 0 Å². The van der Waals surface area contributed by atoms with Gasteiger partial charge in [-0.2, -0.15) is 11.8 Å². The maximum atomic E-state index is 12.0. The van der Waals surface area contributed by atoms with Crippen LogP contribution in [0.2, 0.25) is 0 Å². The normalized spacial score (nSPS) is 10.7. The lowest BCUT2D eigenvalue weighted by Crippen LogP contribution is -2.42. The summed E-state index contributed by atoms with van der Waals surface area (Å²) in [5.41, 5.74) is 7.85. The molecule has 2 N–H and O–H groups in total. The molecule has 0 saturated carbocycles. The van der Waals surface area contributed by atoms with E-state index in [0.717, 1.165) is 16.8 Å². The monoisotopic (exact) mass is 387 g/mol. The van der Waals surface area contributed by atoms with Gasteiger partial charge in [-0.1, -0.05) is 36.0 Å². The fourth-order valence-corrected chi connectivity index (χ4v) is 3.36. The summed E-state index contributed by atoms with van der Waals surface area (Å²) in [6.07, 6.45) is 2.02. The van der Waals surface area contributed by atoms with Crippen molar-refractivity contribution in [3.63, 3.8) is 0 Å². The second-order valence-electron chi connectivity index (χ2n) is 5.37.